The Hall–Kier alpha value is -0.850. The van der Waals surface area contributed by atoms with Gasteiger partial charge in [-0.05, 0) is 32.9 Å². The molecular formula is C13H22N2O3S. The third-order valence-corrected chi connectivity index (χ3v) is 6.04. The van der Waals surface area contributed by atoms with Gasteiger partial charge in [-0.2, -0.15) is 0 Å². The van der Waals surface area contributed by atoms with Gasteiger partial charge in [0.1, 0.15) is 5.76 Å². The fourth-order valence-electron chi connectivity index (χ4n) is 2.79. The first-order valence-electron chi connectivity index (χ1n) is 6.53. The van der Waals surface area contributed by atoms with Gasteiger partial charge in [0, 0.05) is 24.2 Å². The molecule has 1 unspecified atom stereocenters. The van der Waals surface area contributed by atoms with Gasteiger partial charge < -0.3 is 10.2 Å². The van der Waals surface area contributed by atoms with E-state index in [0.717, 1.165) is 17.7 Å². The van der Waals surface area contributed by atoms with Crippen LogP contribution in [0.4, 0.5) is 0 Å². The molecule has 108 valence electrons. The maximum absolute atomic E-state index is 11.9. The maximum Gasteiger partial charge on any atom is 0.152 e. The lowest BCUT2D eigenvalue weighted by Gasteiger charge is -2.43. The lowest BCUT2D eigenvalue weighted by molar-refractivity contribution is 0.123. The van der Waals surface area contributed by atoms with Gasteiger partial charge in [-0.15, -0.1) is 0 Å². The lowest BCUT2D eigenvalue weighted by Crippen LogP contribution is -2.58. The van der Waals surface area contributed by atoms with E-state index in [1.165, 1.54) is 0 Å². The van der Waals surface area contributed by atoms with Gasteiger partial charge in [-0.1, -0.05) is 0 Å². The number of sulfone groups is 1. The Morgan fingerprint density at radius 1 is 1.53 bits per heavy atom. The summed E-state index contributed by atoms with van der Waals surface area (Å²) in [6.45, 7) is 2.94. The van der Waals surface area contributed by atoms with Crippen LogP contribution in [0.5, 0.6) is 0 Å². The summed E-state index contributed by atoms with van der Waals surface area (Å²) in [5.74, 6) is 1.31. The highest BCUT2D eigenvalue weighted by Crippen LogP contribution is 2.29. The molecule has 2 heterocycles. The molecule has 0 bridgehead atoms. The molecule has 0 spiro atoms. The van der Waals surface area contributed by atoms with Crippen LogP contribution in [-0.2, 0) is 16.4 Å². The van der Waals surface area contributed by atoms with E-state index < -0.39 is 15.4 Å². The third kappa shape index (κ3) is 3.01. The van der Waals surface area contributed by atoms with Crippen molar-refractivity contribution >= 4 is 9.84 Å². The molecule has 1 fully saturated rings. The summed E-state index contributed by atoms with van der Waals surface area (Å²) in [6, 6.07) is 1.92. The minimum atomic E-state index is -2.98. The van der Waals surface area contributed by atoms with E-state index >= 15 is 0 Å². The van der Waals surface area contributed by atoms with E-state index in [9.17, 15) is 8.42 Å². The first kappa shape index (κ1) is 14.6. The molecule has 6 heteroatoms. The smallest absolute Gasteiger partial charge is 0.152 e. The molecule has 2 rings (SSSR count). The normalized spacial score (nSPS) is 26.7. The summed E-state index contributed by atoms with van der Waals surface area (Å²) < 4.78 is 29.1. The van der Waals surface area contributed by atoms with Crippen molar-refractivity contribution in [3.63, 3.8) is 0 Å². The Morgan fingerprint density at radius 3 is 2.79 bits per heavy atom. The Morgan fingerprint density at radius 2 is 2.26 bits per heavy atom. The molecule has 1 aliphatic rings. The standard InChI is InChI=1S/C13H22N2O3S/c1-11-12(4-6-18-11)8-15(2)13(9-14)5-3-7-19(16,17)10-13/h4,6H,3,5,7-10,14H2,1-2H3. The van der Waals surface area contributed by atoms with Crippen molar-refractivity contribution in [3.05, 3.63) is 23.7 Å². The molecule has 19 heavy (non-hydrogen) atoms. The predicted octanol–water partition coefficient (Wildman–Crippen LogP) is 0.926. The molecule has 2 N–H and O–H groups in total. The third-order valence-electron chi connectivity index (χ3n) is 4.15. The number of hydrogen-bond acceptors (Lipinski definition) is 5. The zero-order valence-electron chi connectivity index (χ0n) is 11.6. The molecule has 0 aromatic carbocycles. The van der Waals surface area contributed by atoms with E-state index in [-0.39, 0.29) is 11.5 Å². The van der Waals surface area contributed by atoms with E-state index in [1.54, 1.807) is 6.26 Å². The fourth-order valence-corrected chi connectivity index (χ4v) is 4.82. The van der Waals surface area contributed by atoms with E-state index in [1.807, 2.05) is 20.0 Å². The number of rotatable bonds is 4. The monoisotopic (exact) mass is 286 g/mol. The number of furan rings is 1. The van der Waals surface area contributed by atoms with Crippen LogP contribution in [0.25, 0.3) is 0 Å². The number of aryl methyl sites for hydroxylation is 1. The van der Waals surface area contributed by atoms with Crippen molar-refractivity contribution in [2.75, 3.05) is 25.1 Å². The molecule has 1 aliphatic heterocycles. The average molecular weight is 286 g/mol. The van der Waals surface area contributed by atoms with Gasteiger partial charge in [0.2, 0.25) is 0 Å². The second-order valence-corrected chi connectivity index (χ2v) is 7.67. The zero-order chi connectivity index (χ0) is 14.1. The van der Waals surface area contributed by atoms with Crippen molar-refractivity contribution < 1.29 is 12.8 Å². The molecule has 0 radical (unpaired) electrons. The topological polar surface area (TPSA) is 76.5 Å². The highest BCUT2D eigenvalue weighted by molar-refractivity contribution is 7.91. The highest BCUT2D eigenvalue weighted by Gasteiger charge is 2.41. The van der Waals surface area contributed by atoms with Gasteiger partial charge >= 0.3 is 0 Å². The molecule has 0 amide bonds. The van der Waals surface area contributed by atoms with Crippen molar-refractivity contribution in [3.8, 4) is 0 Å². The van der Waals surface area contributed by atoms with Crippen molar-refractivity contribution in [1.82, 2.24) is 4.90 Å². The van der Waals surface area contributed by atoms with Gasteiger partial charge in [0.25, 0.3) is 0 Å². The minimum Gasteiger partial charge on any atom is -0.469 e. The second kappa shape index (κ2) is 5.26. The van der Waals surface area contributed by atoms with Gasteiger partial charge in [-0.3, -0.25) is 4.90 Å². The van der Waals surface area contributed by atoms with Crippen LogP contribution in [0.2, 0.25) is 0 Å². The Kier molecular flexibility index (Phi) is 4.03. The molecule has 1 aromatic heterocycles. The molecule has 1 aromatic rings. The number of hydrogen-bond donors (Lipinski definition) is 1. The first-order valence-corrected chi connectivity index (χ1v) is 8.35. The highest BCUT2D eigenvalue weighted by atomic mass is 32.2. The average Bonchev–Trinajstić information content (AvgIpc) is 2.73. The summed E-state index contributed by atoms with van der Waals surface area (Å²) in [4.78, 5) is 2.07. The van der Waals surface area contributed by atoms with Crippen LogP contribution in [0.3, 0.4) is 0 Å². The quantitative estimate of drug-likeness (QED) is 0.891. The number of likely N-dealkylation sites (N-methyl/N-ethyl adjacent to an activating group) is 1. The molecule has 0 saturated carbocycles. The van der Waals surface area contributed by atoms with Gasteiger partial charge in [-0.25, -0.2) is 8.42 Å². The molecule has 5 nitrogen and oxygen atoms in total. The maximum atomic E-state index is 11.9. The van der Waals surface area contributed by atoms with E-state index in [0.29, 0.717) is 19.5 Å². The second-order valence-electron chi connectivity index (χ2n) is 5.48. The number of nitrogens with two attached hydrogens (primary N) is 1. The van der Waals surface area contributed by atoms with Crippen LogP contribution in [0, 0.1) is 6.92 Å². The summed E-state index contributed by atoms with van der Waals surface area (Å²) in [6.07, 6.45) is 3.18. The summed E-state index contributed by atoms with van der Waals surface area (Å²) in [5, 5.41) is 0. The largest absolute Gasteiger partial charge is 0.469 e. The molecular weight excluding hydrogens is 264 g/mol. The molecule has 1 atom stereocenters. The Balaban J connectivity index is 2.19. The van der Waals surface area contributed by atoms with Crippen LogP contribution in [0.1, 0.15) is 24.2 Å². The van der Waals surface area contributed by atoms with Crippen LogP contribution in [-0.4, -0.2) is 44.0 Å². The van der Waals surface area contributed by atoms with Crippen molar-refractivity contribution in [2.45, 2.75) is 31.8 Å². The van der Waals surface area contributed by atoms with E-state index in [4.69, 9.17) is 10.2 Å². The Labute approximate surface area is 114 Å². The van der Waals surface area contributed by atoms with Gasteiger partial charge in [0.15, 0.2) is 9.84 Å². The zero-order valence-corrected chi connectivity index (χ0v) is 12.4. The fraction of sp³-hybridized carbons (Fsp3) is 0.692. The number of nitrogens with zero attached hydrogens (tertiary/aromatic N) is 1. The summed E-state index contributed by atoms with van der Waals surface area (Å²) in [7, 11) is -1.04. The first-order chi connectivity index (χ1) is 8.88. The van der Waals surface area contributed by atoms with Crippen LogP contribution in [0.15, 0.2) is 16.7 Å². The summed E-state index contributed by atoms with van der Waals surface area (Å²) in [5.41, 5.74) is 6.54. The van der Waals surface area contributed by atoms with Gasteiger partial charge in [0.05, 0.1) is 17.8 Å². The van der Waals surface area contributed by atoms with Crippen LogP contribution < -0.4 is 5.73 Å². The van der Waals surface area contributed by atoms with E-state index in [2.05, 4.69) is 4.90 Å². The van der Waals surface area contributed by atoms with Crippen LogP contribution >= 0.6 is 0 Å². The Bertz CT molecular complexity index is 538. The predicted molar refractivity (Wildman–Crippen MR) is 74.6 cm³/mol. The van der Waals surface area contributed by atoms with Crippen molar-refractivity contribution in [2.24, 2.45) is 5.73 Å². The SMILES string of the molecule is Cc1occc1CN(C)C1(CN)CCCS(=O)(=O)C1. The molecule has 0 aliphatic carbocycles. The summed E-state index contributed by atoms with van der Waals surface area (Å²) >= 11 is 0. The minimum absolute atomic E-state index is 0.157. The van der Waals surface area contributed by atoms with Crippen molar-refractivity contribution in [1.29, 1.82) is 0 Å². The molecule has 1 saturated heterocycles. The lowest BCUT2D eigenvalue weighted by atomic mass is 9.93.